The van der Waals surface area contributed by atoms with E-state index in [0.29, 0.717) is 0 Å². The normalized spacial score (nSPS) is 11.6. The molecule has 0 saturated carbocycles. The third-order valence-corrected chi connectivity index (χ3v) is 1.88. The molecule has 0 aliphatic heterocycles. The number of aliphatic hydroxyl groups excluding tert-OH is 3. The molecule has 0 atom stereocenters. The molecule has 12 heavy (non-hydrogen) atoms. The zero-order chi connectivity index (χ0) is 9.61. The van der Waals surface area contributed by atoms with Gasteiger partial charge in [0.1, 0.15) is 0 Å². The summed E-state index contributed by atoms with van der Waals surface area (Å²) in [6, 6.07) is 0. The van der Waals surface area contributed by atoms with E-state index in [4.69, 9.17) is 20.4 Å². The molecule has 0 amide bonds. The highest BCUT2D eigenvalue weighted by atomic mass is 16.4. The van der Waals surface area contributed by atoms with E-state index in [0.717, 1.165) is 0 Å². The van der Waals surface area contributed by atoms with E-state index in [1.807, 2.05) is 0 Å². The Morgan fingerprint density at radius 2 is 1.50 bits per heavy atom. The first-order valence-corrected chi connectivity index (χ1v) is 3.64. The quantitative estimate of drug-likeness (QED) is 0.410. The molecule has 0 rings (SSSR count). The molecule has 5 nitrogen and oxygen atoms in total. The van der Waals surface area contributed by atoms with Crippen LogP contribution in [0.15, 0.2) is 0 Å². The number of hydrogen-bond acceptors (Lipinski definition) is 4. The van der Waals surface area contributed by atoms with Gasteiger partial charge in [-0.1, -0.05) is 0 Å². The van der Waals surface area contributed by atoms with Gasteiger partial charge in [-0.2, -0.15) is 0 Å². The Morgan fingerprint density at radius 3 is 1.75 bits per heavy atom. The SMILES string of the molecule is O=C(O)CCC(CO)(CO)CO. The first-order chi connectivity index (χ1) is 5.60. The minimum Gasteiger partial charge on any atom is -0.481 e. The zero-order valence-electron chi connectivity index (χ0n) is 6.73. The third-order valence-electron chi connectivity index (χ3n) is 1.88. The van der Waals surface area contributed by atoms with Gasteiger partial charge in [0.15, 0.2) is 0 Å². The Bertz CT molecular complexity index is 132. The summed E-state index contributed by atoms with van der Waals surface area (Å²) in [6.07, 6.45) is -0.0898. The Balaban J connectivity index is 4.01. The maximum atomic E-state index is 10.1. The van der Waals surface area contributed by atoms with Crippen LogP contribution in [-0.2, 0) is 4.79 Å². The molecule has 5 heteroatoms. The molecular formula is C7H14O5. The van der Waals surface area contributed by atoms with Gasteiger partial charge in [-0.3, -0.25) is 4.79 Å². The molecule has 0 aromatic carbocycles. The number of carboxylic acids is 1. The van der Waals surface area contributed by atoms with E-state index in [9.17, 15) is 4.79 Å². The number of rotatable bonds is 6. The van der Waals surface area contributed by atoms with Crippen LogP contribution in [0.4, 0.5) is 0 Å². The van der Waals surface area contributed by atoms with Crippen molar-refractivity contribution in [1.82, 2.24) is 0 Å². The molecule has 0 heterocycles. The van der Waals surface area contributed by atoms with Gasteiger partial charge in [-0.25, -0.2) is 0 Å². The lowest BCUT2D eigenvalue weighted by atomic mass is 9.86. The lowest BCUT2D eigenvalue weighted by Crippen LogP contribution is -2.34. The first-order valence-electron chi connectivity index (χ1n) is 3.64. The van der Waals surface area contributed by atoms with E-state index in [-0.39, 0.29) is 12.8 Å². The predicted octanol–water partition coefficient (Wildman–Crippen LogP) is -1.19. The fourth-order valence-electron chi connectivity index (χ4n) is 0.759. The number of aliphatic hydroxyl groups is 3. The number of aliphatic carboxylic acids is 1. The van der Waals surface area contributed by atoms with Crippen LogP contribution < -0.4 is 0 Å². The average molecular weight is 178 g/mol. The van der Waals surface area contributed by atoms with Gasteiger partial charge in [0, 0.05) is 11.8 Å². The van der Waals surface area contributed by atoms with Gasteiger partial charge in [-0.05, 0) is 6.42 Å². The van der Waals surface area contributed by atoms with E-state index < -0.39 is 31.2 Å². The zero-order valence-corrected chi connectivity index (χ0v) is 6.73. The van der Waals surface area contributed by atoms with E-state index >= 15 is 0 Å². The molecule has 0 aliphatic rings. The van der Waals surface area contributed by atoms with Crippen molar-refractivity contribution in [2.75, 3.05) is 19.8 Å². The predicted molar refractivity (Wildman–Crippen MR) is 40.6 cm³/mol. The van der Waals surface area contributed by atoms with Crippen molar-refractivity contribution in [3.8, 4) is 0 Å². The molecule has 0 fully saturated rings. The second kappa shape index (κ2) is 5.08. The fourth-order valence-corrected chi connectivity index (χ4v) is 0.759. The molecule has 0 aliphatic carbocycles. The number of hydrogen-bond donors (Lipinski definition) is 4. The van der Waals surface area contributed by atoms with Crippen LogP contribution in [0.1, 0.15) is 12.8 Å². The summed E-state index contributed by atoms with van der Waals surface area (Å²) in [6.45, 7) is -1.23. The maximum Gasteiger partial charge on any atom is 0.303 e. The molecular weight excluding hydrogens is 164 g/mol. The van der Waals surface area contributed by atoms with Gasteiger partial charge in [-0.15, -0.1) is 0 Å². The summed E-state index contributed by atoms with van der Waals surface area (Å²) in [5.41, 5.74) is -1.06. The Morgan fingerprint density at radius 1 is 1.08 bits per heavy atom. The molecule has 0 saturated heterocycles. The van der Waals surface area contributed by atoms with Gasteiger partial charge in [0.2, 0.25) is 0 Å². The van der Waals surface area contributed by atoms with Crippen LogP contribution in [0.5, 0.6) is 0 Å². The Kier molecular flexibility index (Phi) is 4.80. The number of carbonyl (C=O) groups is 1. The maximum absolute atomic E-state index is 10.1. The Labute approximate surface area is 70.3 Å². The monoisotopic (exact) mass is 178 g/mol. The topological polar surface area (TPSA) is 98.0 Å². The summed E-state index contributed by atoms with van der Waals surface area (Å²) in [5, 5.41) is 34.6. The van der Waals surface area contributed by atoms with Crippen LogP contribution >= 0.6 is 0 Å². The highest BCUT2D eigenvalue weighted by Crippen LogP contribution is 2.21. The molecule has 72 valence electrons. The van der Waals surface area contributed by atoms with Crippen LogP contribution in [0, 0.1) is 5.41 Å². The molecule has 0 bridgehead atoms. The van der Waals surface area contributed by atoms with E-state index in [1.54, 1.807) is 0 Å². The van der Waals surface area contributed by atoms with Crippen molar-refractivity contribution in [2.24, 2.45) is 5.41 Å². The summed E-state index contributed by atoms with van der Waals surface area (Å²) < 4.78 is 0. The van der Waals surface area contributed by atoms with Gasteiger partial charge in [0.05, 0.1) is 19.8 Å². The van der Waals surface area contributed by atoms with E-state index in [2.05, 4.69) is 0 Å². The van der Waals surface area contributed by atoms with E-state index in [1.165, 1.54) is 0 Å². The van der Waals surface area contributed by atoms with Gasteiger partial charge < -0.3 is 20.4 Å². The van der Waals surface area contributed by atoms with Gasteiger partial charge in [0.25, 0.3) is 0 Å². The summed E-state index contributed by atoms with van der Waals surface area (Å²) in [4.78, 5) is 10.1. The molecule has 0 unspecified atom stereocenters. The number of carboxylic acid groups (broad SMARTS) is 1. The average Bonchev–Trinajstić information content (AvgIpc) is 2.08. The van der Waals surface area contributed by atoms with Gasteiger partial charge >= 0.3 is 5.97 Å². The molecule has 4 N–H and O–H groups in total. The summed E-state index contributed by atoms with van der Waals surface area (Å²) in [7, 11) is 0. The molecule has 0 spiro atoms. The highest BCUT2D eigenvalue weighted by molar-refractivity contribution is 5.66. The van der Waals surface area contributed by atoms with Crippen molar-refractivity contribution in [2.45, 2.75) is 12.8 Å². The van der Waals surface area contributed by atoms with Crippen molar-refractivity contribution in [3.05, 3.63) is 0 Å². The van der Waals surface area contributed by atoms with Crippen molar-refractivity contribution in [3.63, 3.8) is 0 Å². The summed E-state index contributed by atoms with van der Waals surface area (Å²) >= 11 is 0. The minimum atomic E-state index is -1.06. The largest absolute Gasteiger partial charge is 0.481 e. The Hall–Kier alpha value is -0.650. The van der Waals surface area contributed by atoms with Crippen LogP contribution in [0.25, 0.3) is 0 Å². The smallest absolute Gasteiger partial charge is 0.303 e. The second-order valence-electron chi connectivity index (χ2n) is 2.87. The standard InChI is InChI=1S/C7H14O5/c8-3-7(4-9,5-10)2-1-6(11)12/h8-10H,1-5H2,(H,11,12). The molecule has 0 aromatic heterocycles. The fraction of sp³-hybridized carbons (Fsp3) is 0.857. The second-order valence-corrected chi connectivity index (χ2v) is 2.87. The molecule has 0 radical (unpaired) electrons. The van der Waals surface area contributed by atoms with Crippen molar-refractivity contribution < 1.29 is 25.2 Å². The first kappa shape index (κ1) is 11.4. The summed E-state index contributed by atoms with van der Waals surface area (Å²) in [5.74, 6) is -1.00. The highest BCUT2D eigenvalue weighted by Gasteiger charge is 2.28. The minimum absolute atomic E-state index is 0.0752. The van der Waals surface area contributed by atoms with Crippen molar-refractivity contribution >= 4 is 5.97 Å². The lowest BCUT2D eigenvalue weighted by Gasteiger charge is -2.26. The van der Waals surface area contributed by atoms with Crippen LogP contribution in [-0.4, -0.2) is 46.2 Å². The third kappa shape index (κ3) is 3.17. The molecule has 0 aromatic rings. The lowest BCUT2D eigenvalue weighted by molar-refractivity contribution is -0.138. The van der Waals surface area contributed by atoms with Crippen molar-refractivity contribution in [1.29, 1.82) is 0 Å². The van der Waals surface area contributed by atoms with Crippen LogP contribution in [0.2, 0.25) is 0 Å². The van der Waals surface area contributed by atoms with Crippen LogP contribution in [0.3, 0.4) is 0 Å².